The van der Waals surface area contributed by atoms with Crippen molar-refractivity contribution >= 4 is 0 Å². The summed E-state index contributed by atoms with van der Waals surface area (Å²) < 4.78 is 5.32. The topological polar surface area (TPSA) is 67.8 Å². The van der Waals surface area contributed by atoms with Gasteiger partial charge in [0.15, 0.2) is 5.76 Å². The number of nitrogens with one attached hydrogen (secondary N) is 1. The summed E-state index contributed by atoms with van der Waals surface area (Å²) in [4.78, 5) is 7.53. The van der Waals surface area contributed by atoms with Crippen LogP contribution in [0.4, 0.5) is 0 Å². The summed E-state index contributed by atoms with van der Waals surface area (Å²) >= 11 is 0. The van der Waals surface area contributed by atoms with Crippen LogP contribution >= 0.6 is 0 Å². The number of hydrogen-bond acceptors (Lipinski definition) is 3. The number of aromatic amines is 1. The zero-order chi connectivity index (χ0) is 13.1. The number of aromatic nitrogens is 2. The number of benzene rings is 1. The summed E-state index contributed by atoms with van der Waals surface area (Å²) in [5.74, 6) is 1.54. The highest BCUT2D eigenvalue weighted by atomic mass is 16.3. The number of H-pyrrole nitrogens is 1. The van der Waals surface area contributed by atoms with Crippen LogP contribution in [0.5, 0.6) is 0 Å². The van der Waals surface area contributed by atoms with Crippen LogP contribution in [0.1, 0.15) is 17.4 Å². The molecule has 3 N–H and O–H groups in total. The molecule has 0 aliphatic rings. The van der Waals surface area contributed by atoms with Crippen LogP contribution in [0, 0.1) is 0 Å². The lowest BCUT2D eigenvalue weighted by atomic mass is 10.1. The molecule has 0 saturated heterocycles. The highest BCUT2D eigenvalue weighted by Crippen LogP contribution is 2.20. The molecule has 19 heavy (non-hydrogen) atoms. The van der Waals surface area contributed by atoms with Crippen LogP contribution in [0.2, 0.25) is 0 Å². The Hall–Kier alpha value is -2.33. The molecular weight excluding hydrogens is 238 g/mol. The maximum atomic E-state index is 6.17. The molecule has 3 rings (SSSR count). The van der Waals surface area contributed by atoms with Gasteiger partial charge in [0, 0.05) is 0 Å². The molecule has 4 nitrogen and oxygen atoms in total. The van der Waals surface area contributed by atoms with E-state index in [1.54, 1.807) is 12.5 Å². The Kier molecular flexibility index (Phi) is 3.16. The van der Waals surface area contributed by atoms with Crippen molar-refractivity contribution in [2.24, 2.45) is 5.73 Å². The molecule has 0 aliphatic heterocycles. The van der Waals surface area contributed by atoms with Crippen molar-refractivity contribution in [3.05, 3.63) is 66.3 Å². The van der Waals surface area contributed by atoms with E-state index in [1.165, 1.54) is 5.56 Å². The van der Waals surface area contributed by atoms with Gasteiger partial charge < -0.3 is 15.1 Å². The number of furan rings is 1. The summed E-state index contributed by atoms with van der Waals surface area (Å²) in [6.07, 6.45) is 4.14. The average Bonchev–Trinajstić information content (AvgIpc) is 3.11. The van der Waals surface area contributed by atoms with Crippen molar-refractivity contribution in [1.82, 2.24) is 9.97 Å². The third-order valence-corrected chi connectivity index (χ3v) is 3.03. The number of nitrogens with zero attached hydrogens (tertiary/aromatic N) is 1. The standard InChI is InChI=1S/C15H15N3O/c16-12(9-11-5-2-1-3-6-11)15-17-10-13(18-15)14-7-4-8-19-14/h1-8,10,12H,9,16H2,(H,17,18). The van der Waals surface area contributed by atoms with E-state index in [1.807, 2.05) is 30.3 Å². The molecule has 0 amide bonds. The first kappa shape index (κ1) is 11.7. The molecule has 1 aromatic carbocycles. The Labute approximate surface area is 111 Å². The van der Waals surface area contributed by atoms with Gasteiger partial charge in [-0.05, 0) is 24.1 Å². The van der Waals surface area contributed by atoms with Crippen LogP contribution in [-0.4, -0.2) is 9.97 Å². The molecule has 3 aromatic rings. The number of hydrogen-bond donors (Lipinski definition) is 2. The summed E-state index contributed by atoms with van der Waals surface area (Å²) in [6, 6.07) is 13.7. The average molecular weight is 253 g/mol. The van der Waals surface area contributed by atoms with Crippen molar-refractivity contribution in [1.29, 1.82) is 0 Å². The van der Waals surface area contributed by atoms with Crippen molar-refractivity contribution < 1.29 is 4.42 Å². The highest BCUT2D eigenvalue weighted by molar-refractivity contribution is 5.50. The molecule has 0 fully saturated rings. The van der Waals surface area contributed by atoms with Gasteiger partial charge in [0.05, 0.1) is 18.5 Å². The zero-order valence-electron chi connectivity index (χ0n) is 10.4. The predicted octanol–water partition coefficient (Wildman–Crippen LogP) is 2.91. The molecule has 2 aromatic heterocycles. The minimum atomic E-state index is -0.147. The second kappa shape index (κ2) is 5.12. The summed E-state index contributed by atoms with van der Waals surface area (Å²) in [6.45, 7) is 0. The minimum Gasteiger partial charge on any atom is -0.463 e. The third-order valence-electron chi connectivity index (χ3n) is 3.03. The van der Waals surface area contributed by atoms with E-state index < -0.39 is 0 Å². The molecule has 0 radical (unpaired) electrons. The van der Waals surface area contributed by atoms with Crippen LogP contribution < -0.4 is 5.73 Å². The van der Waals surface area contributed by atoms with E-state index in [2.05, 4.69) is 22.1 Å². The van der Waals surface area contributed by atoms with Gasteiger partial charge in [-0.2, -0.15) is 0 Å². The first-order valence-corrected chi connectivity index (χ1v) is 6.21. The van der Waals surface area contributed by atoms with Crippen LogP contribution in [0.15, 0.2) is 59.3 Å². The van der Waals surface area contributed by atoms with E-state index in [0.717, 1.165) is 23.7 Å². The largest absolute Gasteiger partial charge is 0.463 e. The van der Waals surface area contributed by atoms with E-state index in [-0.39, 0.29) is 6.04 Å². The van der Waals surface area contributed by atoms with Gasteiger partial charge in [0.2, 0.25) is 0 Å². The second-order valence-electron chi connectivity index (χ2n) is 4.46. The lowest BCUT2D eigenvalue weighted by Crippen LogP contribution is -2.14. The number of rotatable bonds is 4. The molecule has 0 bridgehead atoms. The maximum Gasteiger partial charge on any atom is 0.151 e. The van der Waals surface area contributed by atoms with E-state index in [0.29, 0.717) is 0 Å². The van der Waals surface area contributed by atoms with Gasteiger partial charge in [-0.3, -0.25) is 0 Å². The van der Waals surface area contributed by atoms with Crippen molar-refractivity contribution in [2.75, 3.05) is 0 Å². The molecule has 1 unspecified atom stereocenters. The van der Waals surface area contributed by atoms with Crippen molar-refractivity contribution in [3.8, 4) is 11.5 Å². The highest BCUT2D eigenvalue weighted by Gasteiger charge is 2.12. The SMILES string of the molecule is NC(Cc1ccccc1)c1ncc(-c2ccco2)[nH]1. The first-order valence-electron chi connectivity index (χ1n) is 6.21. The van der Waals surface area contributed by atoms with E-state index in [4.69, 9.17) is 10.2 Å². The minimum absolute atomic E-state index is 0.147. The van der Waals surface area contributed by atoms with Crippen molar-refractivity contribution in [2.45, 2.75) is 12.5 Å². The molecule has 4 heteroatoms. The predicted molar refractivity (Wildman–Crippen MR) is 73.4 cm³/mol. The molecule has 2 heterocycles. The molecule has 1 atom stereocenters. The summed E-state index contributed by atoms with van der Waals surface area (Å²) in [5.41, 5.74) is 8.22. The monoisotopic (exact) mass is 253 g/mol. The smallest absolute Gasteiger partial charge is 0.151 e. The van der Waals surface area contributed by atoms with Gasteiger partial charge in [0.1, 0.15) is 11.5 Å². The molecular formula is C15H15N3O. The van der Waals surface area contributed by atoms with Gasteiger partial charge in [-0.1, -0.05) is 30.3 Å². The lowest BCUT2D eigenvalue weighted by molar-refractivity contribution is 0.579. The Morgan fingerprint density at radius 2 is 2.00 bits per heavy atom. The van der Waals surface area contributed by atoms with Crippen LogP contribution in [0.3, 0.4) is 0 Å². The molecule has 0 saturated carbocycles. The fraction of sp³-hybridized carbons (Fsp3) is 0.133. The summed E-state index contributed by atoms with van der Waals surface area (Å²) in [5, 5.41) is 0. The maximum absolute atomic E-state index is 6.17. The van der Waals surface area contributed by atoms with E-state index >= 15 is 0 Å². The normalized spacial score (nSPS) is 12.5. The van der Waals surface area contributed by atoms with Gasteiger partial charge >= 0.3 is 0 Å². The van der Waals surface area contributed by atoms with Gasteiger partial charge in [-0.25, -0.2) is 4.98 Å². The Balaban J connectivity index is 1.76. The Morgan fingerprint density at radius 1 is 1.16 bits per heavy atom. The Morgan fingerprint density at radius 3 is 2.74 bits per heavy atom. The first-order chi connectivity index (χ1) is 9.33. The third kappa shape index (κ3) is 2.58. The van der Waals surface area contributed by atoms with Gasteiger partial charge in [0.25, 0.3) is 0 Å². The lowest BCUT2D eigenvalue weighted by Gasteiger charge is -2.08. The van der Waals surface area contributed by atoms with Crippen LogP contribution in [0.25, 0.3) is 11.5 Å². The number of nitrogens with two attached hydrogens (primary N) is 1. The fourth-order valence-electron chi connectivity index (χ4n) is 2.05. The van der Waals surface area contributed by atoms with Gasteiger partial charge in [-0.15, -0.1) is 0 Å². The van der Waals surface area contributed by atoms with Crippen LogP contribution in [-0.2, 0) is 6.42 Å². The molecule has 0 spiro atoms. The second-order valence-corrected chi connectivity index (χ2v) is 4.46. The zero-order valence-corrected chi connectivity index (χ0v) is 10.4. The summed E-state index contributed by atoms with van der Waals surface area (Å²) in [7, 11) is 0. The fourth-order valence-corrected chi connectivity index (χ4v) is 2.05. The molecule has 0 aliphatic carbocycles. The quantitative estimate of drug-likeness (QED) is 0.751. The Bertz CT molecular complexity index is 628. The van der Waals surface area contributed by atoms with E-state index in [9.17, 15) is 0 Å². The van der Waals surface area contributed by atoms with Crippen molar-refractivity contribution in [3.63, 3.8) is 0 Å². The molecule has 96 valence electrons. The number of imidazole rings is 1.